The second-order valence-corrected chi connectivity index (χ2v) is 6.04. The molecule has 1 N–H and O–H groups in total. The summed E-state index contributed by atoms with van der Waals surface area (Å²) in [6, 6.07) is 0. The first kappa shape index (κ1) is 16.0. The molecule has 0 aliphatic heterocycles. The highest BCUT2D eigenvalue weighted by atomic mass is 16.5. The van der Waals surface area contributed by atoms with Crippen molar-refractivity contribution < 1.29 is 9.84 Å². The molecule has 0 aromatic heterocycles. The molecule has 0 amide bonds. The van der Waals surface area contributed by atoms with Gasteiger partial charge in [0, 0.05) is 7.11 Å². The van der Waals surface area contributed by atoms with Crippen LogP contribution in [0.1, 0.15) is 77.6 Å². The Kier molecular flexibility index (Phi) is 7.92. The molecule has 0 saturated heterocycles. The minimum Gasteiger partial charge on any atom is -0.387 e. The Morgan fingerprint density at radius 2 is 1.56 bits per heavy atom. The monoisotopic (exact) mass is 256 g/mol. The highest BCUT2D eigenvalue weighted by Gasteiger charge is 2.43. The molecule has 0 radical (unpaired) electrons. The van der Waals surface area contributed by atoms with Crippen LogP contribution in [0, 0.1) is 5.92 Å². The van der Waals surface area contributed by atoms with Crippen molar-refractivity contribution in [2.75, 3.05) is 13.7 Å². The smallest absolute Gasteiger partial charge is 0.0907 e. The summed E-state index contributed by atoms with van der Waals surface area (Å²) in [6.07, 6.45) is 13.9. The number of hydrogen-bond donors (Lipinski definition) is 1. The van der Waals surface area contributed by atoms with Gasteiger partial charge in [0.25, 0.3) is 0 Å². The number of methoxy groups -OCH3 is 1. The van der Waals surface area contributed by atoms with Crippen LogP contribution >= 0.6 is 0 Å². The third-order valence-corrected chi connectivity index (χ3v) is 4.19. The van der Waals surface area contributed by atoms with Crippen molar-refractivity contribution in [3.05, 3.63) is 0 Å². The molecule has 1 aliphatic carbocycles. The molecule has 2 nitrogen and oxygen atoms in total. The van der Waals surface area contributed by atoms with Gasteiger partial charge in [-0.25, -0.2) is 0 Å². The molecule has 2 heteroatoms. The molecular formula is C16H32O2. The summed E-state index contributed by atoms with van der Waals surface area (Å²) in [5.74, 6) is 0.516. The number of hydrogen-bond acceptors (Lipinski definition) is 2. The lowest BCUT2D eigenvalue weighted by Crippen LogP contribution is -2.36. The van der Waals surface area contributed by atoms with E-state index in [1.807, 2.05) is 0 Å². The molecule has 1 saturated carbocycles. The van der Waals surface area contributed by atoms with Crippen LogP contribution in [0.25, 0.3) is 0 Å². The molecule has 0 aromatic carbocycles. The van der Waals surface area contributed by atoms with Gasteiger partial charge in [-0.15, -0.1) is 0 Å². The van der Waals surface area contributed by atoms with Crippen LogP contribution < -0.4 is 0 Å². The van der Waals surface area contributed by atoms with Crippen LogP contribution in [-0.4, -0.2) is 24.4 Å². The molecule has 0 bridgehead atoms. The van der Waals surface area contributed by atoms with E-state index in [-0.39, 0.29) is 0 Å². The van der Waals surface area contributed by atoms with Gasteiger partial charge in [-0.2, -0.15) is 0 Å². The van der Waals surface area contributed by atoms with E-state index in [0.29, 0.717) is 12.5 Å². The fraction of sp³-hybridized carbons (Fsp3) is 1.00. The van der Waals surface area contributed by atoms with E-state index in [1.165, 1.54) is 57.8 Å². The van der Waals surface area contributed by atoms with E-state index in [0.717, 1.165) is 12.8 Å². The Balaban J connectivity index is 1.98. The van der Waals surface area contributed by atoms with Gasteiger partial charge in [-0.05, 0) is 25.2 Å². The minimum atomic E-state index is -0.517. The van der Waals surface area contributed by atoms with E-state index < -0.39 is 5.60 Å². The Bertz CT molecular complexity index is 201. The highest BCUT2D eigenvalue weighted by molar-refractivity contribution is 4.94. The maximum absolute atomic E-state index is 10.5. The largest absolute Gasteiger partial charge is 0.387 e. The van der Waals surface area contributed by atoms with Gasteiger partial charge in [-0.3, -0.25) is 0 Å². The summed E-state index contributed by atoms with van der Waals surface area (Å²) in [5.41, 5.74) is -0.517. The number of unbranched alkanes of at least 4 members (excludes halogenated alkanes) is 7. The van der Waals surface area contributed by atoms with Crippen molar-refractivity contribution in [3.63, 3.8) is 0 Å². The van der Waals surface area contributed by atoms with Crippen LogP contribution in [0.4, 0.5) is 0 Å². The normalized spacial score (nSPS) is 18.8. The summed E-state index contributed by atoms with van der Waals surface area (Å²) >= 11 is 0. The molecule has 1 unspecified atom stereocenters. The van der Waals surface area contributed by atoms with Crippen molar-refractivity contribution in [1.29, 1.82) is 0 Å². The van der Waals surface area contributed by atoms with E-state index in [2.05, 4.69) is 6.92 Å². The van der Waals surface area contributed by atoms with E-state index in [4.69, 9.17) is 4.74 Å². The summed E-state index contributed by atoms with van der Waals surface area (Å²) in [5, 5.41) is 10.5. The molecule has 1 aliphatic rings. The zero-order valence-corrected chi connectivity index (χ0v) is 12.4. The Labute approximate surface area is 113 Å². The van der Waals surface area contributed by atoms with E-state index in [9.17, 15) is 5.11 Å². The fourth-order valence-corrected chi connectivity index (χ4v) is 2.83. The quantitative estimate of drug-likeness (QED) is 0.527. The Hall–Kier alpha value is -0.0800. The lowest BCUT2D eigenvalue weighted by atomic mass is 9.91. The minimum absolute atomic E-state index is 0.516. The van der Waals surface area contributed by atoms with Crippen molar-refractivity contribution in [1.82, 2.24) is 0 Å². The topological polar surface area (TPSA) is 29.5 Å². The zero-order valence-electron chi connectivity index (χ0n) is 12.4. The van der Waals surface area contributed by atoms with Gasteiger partial charge >= 0.3 is 0 Å². The third kappa shape index (κ3) is 6.19. The average Bonchev–Trinajstić information content (AvgIpc) is 3.17. The number of rotatable bonds is 12. The highest BCUT2D eigenvalue weighted by Crippen LogP contribution is 2.42. The standard InChI is InChI=1S/C16H32O2/c1-3-4-5-6-7-8-9-10-13-16(17,14-18-2)15-11-12-15/h15,17H,3-14H2,1-2H3. The van der Waals surface area contributed by atoms with Gasteiger partial charge in [-0.1, -0.05) is 58.3 Å². The molecule has 108 valence electrons. The van der Waals surface area contributed by atoms with Crippen molar-refractivity contribution in [3.8, 4) is 0 Å². The van der Waals surface area contributed by atoms with Gasteiger partial charge in [0.05, 0.1) is 12.2 Å². The van der Waals surface area contributed by atoms with Crippen LogP contribution in [0.2, 0.25) is 0 Å². The maximum atomic E-state index is 10.5. The Morgan fingerprint density at radius 3 is 2.06 bits per heavy atom. The molecule has 1 rings (SSSR count). The number of ether oxygens (including phenoxy) is 1. The SMILES string of the molecule is CCCCCCCCCCC(O)(COC)C1CC1. The average molecular weight is 256 g/mol. The molecule has 0 spiro atoms. The van der Waals surface area contributed by atoms with Crippen LogP contribution in [0.5, 0.6) is 0 Å². The molecule has 0 aromatic rings. The maximum Gasteiger partial charge on any atom is 0.0907 e. The second kappa shape index (κ2) is 8.92. The molecular weight excluding hydrogens is 224 g/mol. The summed E-state index contributed by atoms with van der Waals surface area (Å²) in [7, 11) is 1.70. The first-order valence-corrected chi connectivity index (χ1v) is 7.94. The van der Waals surface area contributed by atoms with E-state index in [1.54, 1.807) is 7.11 Å². The van der Waals surface area contributed by atoms with Crippen molar-refractivity contribution in [2.45, 2.75) is 83.2 Å². The summed E-state index contributed by atoms with van der Waals surface area (Å²) in [4.78, 5) is 0. The Morgan fingerprint density at radius 1 is 1.00 bits per heavy atom. The van der Waals surface area contributed by atoms with E-state index >= 15 is 0 Å². The summed E-state index contributed by atoms with van der Waals surface area (Å²) < 4.78 is 5.18. The predicted molar refractivity (Wildman–Crippen MR) is 76.8 cm³/mol. The van der Waals surface area contributed by atoms with Crippen molar-refractivity contribution >= 4 is 0 Å². The third-order valence-electron chi connectivity index (χ3n) is 4.19. The molecule has 0 heterocycles. The molecule has 18 heavy (non-hydrogen) atoms. The summed E-state index contributed by atoms with van der Waals surface area (Å²) in [6.45, 7) is 2.78. The van der Waals surface area contributed by atoms with Crippen LogP contribution in [0.15, 0.2) is 0 Å². The van der Waals surface area contributed by atoms with Gasteiger partial charge < -0.3 is 9.84 Å². The second-order valence-electron chi connectivity index (χ2n) is 6.04. The molecule has 1 fully saturated rings. The predicted octanol–water partition coefficient (Wildman–Crippen LogP) is 4.30. The van der Waals surface area contributed by atoms with Gasteiger partial charge in [0.1, 0.15) is 0 Å². The fourth-order valence-electron chi connectivity index (χ4n) is 2.83. The van der Waals surface area contributed by atoms with Gasteiger partial charge in [0.15, 0.2) is 0 Å². The first-order valence-electron chi connectivity index (χ1n) is 7.94. The zero-order chi connectivity index (χ0) is 13.3. The van der Waals surface area contributed by atoms with Gasteiger partial charge in [0.2, 0.25) is 0 Å². The first-order chi connectivity index (χ1) is 8.73. The lowest BCUT2D eigenvalue weighted by molar-refractivity contribution is -0.0553. The lowest BCUT2D eigenvalue weighted by Gasteiger charge is -2.27. The van der Waals surface area contributed by atoms with Crippen LogP contribution in [0.3, 0.4) is 0 Å². The molecule has 1 atom stereocenters. The number of aliphatic hydroxyl groups is 1. The van der Waals surface area contributed by atoms with Crippen LogP contribution in [-0.2, 0) is 4.74 Å². The van der Waals surface area contributed by atoms with Crippen molar-refractivity contribution in [2.24, 2.45) is 5.92 Å².